The van der Waals surface area contributed by atoms with Crippen molar-refractivity contribution in [2.24, 2.45) is 5.41 Å². The Kier molecular flexibility index (Phi) is 16.4. The van der Waals surface area contributed by atoms with Crippen molar-refractivity contribution in [1.29, 1.82) is 0 Å². The number of hydrogen-bond acceptors (Lipinski definition) is 7. The van der Waals surface area contributed by atoms with Crippen LogP contribution in [0.25, 0.3) is 0 Å². The zero-order valence-corrected chi connectivity index (χ0v) is 29.9. The number of amides is 4. The number of nitrogens with zero attached hydrogens (tertiary/aromatic N) is 1. The summed E-state index contributed by atoms with van der Waals surface area (Å²) in [4.78, 5) is 65.9. The first-order valence-corrected chi connectivity index (χ1v) is 17.6. The fourth-order valence-electron chi connectivity index (χ4n) is 5.64. The molecule has 1 atom stereocenters. The topological polar surface area (TPSA) is 131 Å². The Morgan fingerprint density at radius 1 is 0.830 bits per heavy atom. The smallest absolute Gasteiger partial charge is 0.418 e. The first kappa shape index (κ1) is 39.7. The molecule has 1 fully saturated rings. The first-order chi connectivity index (χ1) is 22.2. The quantitative estimate of drug-likeness (QED) is 0.0943. The van der Waals surface area contributed by atoms with Crippen LogP contribution in [0.15, 0.2) is 18.2 Å². The van der Waals surface area contributed by atoms with Crippen LogP contribution in [0.2, 0.25) is 0 Å². The molecule has 0 saturated carbocycles. The van der Waals surface area contributed by atoms with Gasteiger partial charge in [0.2, 0.25) is 5.91 Å². The van der Waals surface area contributed by atoms with Crippen LogP contribution >= 0.6 is 0 Å². The Hall–Kier alpha value is -3.43. The number of cyclic esters (lactones) is 1. The SMILES string of the molecule is CCCCCCCCCCCCCCCCCC(=O)Nc1ccc(OC)c(NC(=O)C(C(=O)C(C)(C)C)N2C(=O)OC(C)(C)C2=O)c1. The van der Waals surface area contributed by atoms with Gasteiger partial charge in [-0.25, -0.2) is 9.69 Å². The van der Waals surface area contributed by atoms with E-state index in [0.717, 1.165) is 19.3 Å². The normalized spacial score (nSPS) is 14.9. The molecule has 0 radical (unpaired) electrons. The average molecular weight is 658 g/mol. The van der Waals surface area contributed by atoms with Gasteiger partial charge in [-0.2, -0.15) is 0 Å². The van der Waals surface area contributed by atoms with Gasteiger partial charge in [-0.1, -0.05) is 118 Å². The summed E-state index contributed by atoms with van der Waals surface area (Å²) in [6.07, 6.45) is 18.1. The second kappa shape index (κ2) is 19.4. The van der Waals surface area contributed by atoms with Crippen molar-refractivity contribution in [2.75, 3.05) is 17.7 Å². The Bertz CT molecular complexity index is 1200. The Morgan fingerprint density at radius 3 is 1.79 bits per heavy atom. The molecule has 0 spiro atoms. The molecule has 4 amide bonds. The third-order valence-corrected chi connectivity index (χ3v) is 8.52. The largest absolute Gasteiger partial charge is 0.495 e. The molecule has 10 heteroatoms. The summed E-state index contributed by atoms with van der Waals surface area (Å²) < 4.78 is 10.5. The number of hydrogen-bond donors (Lipinski definition) is 2. The second-order valence-corrected chi connectivity index (χ2v) is 14.2. The summed E-state index contributed by atoms with van der Waals surface area (Å²) in [5.41, 5.74) is -1.96. The second-order valence-electron chi connectivity index (χ2n) is 14.2. The van der Waals surface area contributed by atoms with E-state index in [0.29, 0.717) is 17.0 Å². The number of nitrogens with one attached hydrogen (secondary N) is 2. The van der Waals surface area contributed by atoms with Crippen LogP contribution in [0, 0.1) is 5.41 Å². The van der Waals surface area contributed by atoms with Gasteiger partial charge in [-0.3, -0.25) is 19.2 Å². The molecular weight excluding hydrogens is 598 g/mol. The van der Waals surface area contributed by atoms with Gasteiger partial charge >= 0.3 is 6.09 Å². The maximum atomic E-state index is 13.6. The zero-order chi connectivity index (χ0) is 35.0. The number of ketones is 1. The van der Waals surface area contributed by atoms with Gasteiger partial charge in [0.25, 0.3) is 11.8 Å². The van der Waals surface area contributed by atoms with Crippen molar-refractivity contribution in [2.45, 2.75) is 156 Å². The van der Waals surface area contributed by atoms with E-state index >= 15 is 0 Å². The van der Waals surface area contributed by atoms with Gasteiger partial charge in [-0.15, -0.1) is 0 Å². The van der Waals surface area contributed by atoms with Gasteiger partial charge in [0.1, 0.15) is 5.75 Å². The third-order valence-electron chi connectivity index (χ3n) is 8.52. The van der Waals surface area contributed by atoms with E-state index in [2.05, 4.69) is 17.6 Å². The third kappa shape index (κ3) is 12.9. The molecule has 1 saturated heterocycles. The minimum absolute atomic E-state index is 0.143. The van der Waals surface area contributed by atoms with E-state index in [1.54, 1.807) is 32.9 Å². The summed E-state index contributed by atoms with van der Waals surface area (Å²) in [6, 6.07) is 3.00. The van der Waals surface area contributed by atoms with Gasteiger partial charge in [0.05, 0.1) is 12.8 Å². The lowest BCUT2D eigenvalue weighted by Crippen LogP contribution is -2.55. The van der Waals surface area contributed by atoms with Gasteiger partial charge in [0, 0.05) is 17.5 Å². The molecule has 2 N–H and O–H groups in total. The van der Waals surface area contributed by atoms with Crippen molar-refractivity contribution in [1.82, 2.24) is 4.90 Å². The lowest BCUT2D eigenvalue weighted by atomic mass is 9.85. The predicted molar refractivity (Wildman–Crippen MR) is 185 cm³/mol. The Balaban J connectivity index is 1.85. The van der Waals surface area contributed by atoms with Crippen LogP contribution in [0.4, 0.5) is 16.2 Å². The molecule has 1 aliphatic heterocycles. The molecule has 0 bridgehead atoms. The summed E-state index contributed by atoms with van der Waals surface area (Å²) in [5, 5.41) is 5.50. The number of Topliss-reactive ketones (excluding diaryl/α,β-unsaturated/α-hetero) is 1. The van der Waals surface area contributed by atoms with E-state index in [1.165, 1.54) is 104 Å². The standard InChI is InChI=1S/C37H59N3O7/c1-8-9-10-11-12-13-14-15-16-17-18-19-20-21-22-23-30(41)38-27-24-25-29(46-7)28(26-27)39-33(43)31(32(42)36(2,3)4)40-34(44)37(5,6)47-35(40)45/h24-26,31H,8-23H2,1-7H3,(H,38,41)(H,39,43). The van der Waals surface area contributed by atoms with Crippen molar-refractivity contribution >= 4 is 41.0 Å². The van der Waals surface area contributed by atoms with Gasteiger partial charge < -0.3 is 20.1 Å². The maximum Gasteiger partial charge on any atom is 0.418 e. The summed E-state index contributed by atoms with van der Waals surface area (Å²) in [7, 11) is 1.42. The fraction of sp³-hybridized carbons (Fsp3) is 0.703. The van der Waals surface area contributed by atoms with Crippen molar-refractivity contribution in [3.05, 3.63) is 18.2 Å². The number of anilines is 2. The first-order valence-electron chi connectivity index (χ1n) is 17.6. The fourth-order valence-corrected chi connectivity index (χ4v) is 5.64. The monoisotopic (exact) mass is 657 g/mol. The number of unbranched alkanes of at least 4 members (excludes halogenated alkanes) is 14. The molecule has 47 heavy (non-hydrogen) atoms. The van der Waals surface area contributed by atoms with Gasteiger partial charge in [0.15, 0.2) is 17.4 Å². The van der Waals surface area contributed by atoms with Crippen LogP contribution in [0.1, 0.15) is 144 Å². The number of imide groups is 1. The highest BCUT2D eigenvalue weighted by molar-refractivity contribution is 6.19. The predicted octanol–water partition coefficient (Wildman–Crippen LogP) is 8.57. The average Bonchev–Trinajstić information content (AvgIpc) is 3.20. The molecule has 1 heterocycles. The lowest BCUT2D eigenvalue weighted by molar-refractivity contribution is -0.145. The molecule has 1 aromatic carbocycles. The van der Waals surface area contributed by atoms with Crippen molar-refractivity contribution in [3.63, 3.8) is 0 Å². The van der Waals surface area contributed by atoms with Crippen LogP contribution < -0.4 is 15.4 Å². The molecule has 1 aliphatic rings. The molecule has 10 nitrogen and oxygen atoms in total. The van der Waals surface area contributed by atoms with Crippen LogP contribution in [0.5, 0.6) is 5.75 Å². The zero-order valence-electron chi connectivity index (χ0n) is 29.9. The number of rotatable bonds is 22. The van der Waals surface area contributed by atoms with Crippen LogP contribution in [-0.4, -0.2) is 53.3 Å². The highest BCUT2D eigenvalue weighted by Gasteiger charge is 2.55. The molecule has 2 rings (SSSR count). The highest BCUT2D eigenvalue weighted by atomic mass is 16.6. The van der Waals surface area contributed by atoms with Crippen LogP contribution in [-0.2, 0) is 23.9 Å². The number of benzene rings is 1. The van der Waals surface area contributed by atoms with Gasteiger partial charge in [-0.05, 0) is 38.5 Å². The van der Waals surface area contributed by atoms with E-state index in [1.807, 2.05) is 0 Å². The number of ether oxygens (including phenoxy) is 2. The molecule has 0 aliphatic carbocycles. The van der Waals surface area contributed by atoms with Crippen molar-refractivity contribution < 1.29 is 33.4 Å². The number of methoxy groups -OCH3 is 1. The molecule has 1 unspecified atom stereocenters. The number of carbonyl (C=O) groups is 5. The molecule has 0 aromatic heterocycles. The van der Waals surface area contributed by atoms with E-state index in [9.17, 15) is 24.0 Å². The number of carbonyl (C=O) groups excluding carboxylic acids is 5. The maximum absolute atomic E-state index is 13.6. The Labute approximate surface area is 282 Å². The summed E-state index contributed by atoms with van der Waals surface area (Å²) in [5.74, 6) is -2.18. The molecular formula is C37H59N3O7. The molecule has 264 valence electrons. The molecule has 1 aromatic rings. The summed E-state index contributed by atoms with van der Waals surface area (Å²) in [6.45, 7) is 9.85. The minimum Gasteiger partial charge on any atom is -0.495 e. The van der Waals surface area contributed by atoms with E-state index < -0.39 is 40.7 Å². The van der Waals surface area contributed by atoms with Crippen LogP contribution in [0.3, 0.4) is 0 Å². The van der Waals surface area contributed by atoms with Crippen molar-refractivity contribution in [3.8, 4) is 5.75 Å². The van der Waals surface area contributed by atoms with E-state index in [-0.39, 0.29) is 17.3 Å². The Morgan fingerprint density at radius 2 is 1.34 bits per heavy atom. The lowest BCUT2D eigenvalue weighted by Gasteiger charge is -2.28. The highest BCUT2D eigenvalue weighted by Crippen LogP contribution is 2.32. The summed E-state index contributed by atoms with van der Waals surface area (Å²) >= 11 is 0. The minimum atomic E-state index is -1.76. The van der Waals surface area contributed by atoms with E-state index in [4.69, 9.17) is 9.47 Å².